The second-order valence-electron chi connectivity index (χ2n) is 5.68. The van der Waals surface area contributed by atoms with Gasteiger partial charge in [0.05, 0.1) is 6.04 Å². The van der Waals surface area contributed by atoms with Crippen molar-refractivity contribution in [3.05, 3.63) is 65.9 Å². The molecular weight excluding hydrogens is 389 g/mol. The van der Waals surface area contributed by atoms with Crippen molar-refractivity contribution in [3.63, 3.8) is 0 Å². The number of amides is 1. The van der Waals surface area contributed by atoms with E-state index >= 15 is 0 Å². The van der Waals surface area contributed by atoms with Crippen LogP contribution < -0.4 is 10.0 Å². The van der Waals surface area contributed by atoms with Crippen LogP contribution in [0.25, 0.3) is 10.6 Å². The summed E-state index contributed by atoms with van der Waals surface area (Å²) in [6.45, 7) is 1.39. The molecule has 0 unspecified atom stereocenters. The number of benzene rings is 2. The summed E-state index contributed by atoms with van der Waals surface area (Å²) in [6, 6.07) is 10.9. The zero-order chi connectivity index (χ0) is 19.4. The molecule has 3 aromatic rings. The second kappa shape index (κ2) is 7.95. The Kier molecular flexibility index (Phi) is 5.64. The molecule has 1 amide bonds. The van der Waals surface area contributed by atoms with E-state index in [1.165, 1.54) is 30.4 Å². The zero-order valence-electron chi connectivity index (χ0n) is 14.2. The first kappa shape index (κ1) is 19.2. The molecule has 140 valence electrons. The molecule has 0 spiro atoms. The largest absolute Gasteiger partial charge is 0.325 e. The van der Waals surface area contributed by atoms with Crippen molar-refractivity contribution >= 4 is 33.0 Å². The third-order valence-corrected chi connectivity index (χ3v) is 6.08. The molecule has 0 aliphatic heterocycles. The van der Waals surface area contributed by atoms with E-state index in [0.29, 0.717) is 5.69 Å². The molecule has 2 aromatic carbocycles. The second-order valence-corrected chi connectivity index (χ2v) is 8.25. The molecule has 0 aliphatic carbocycles. The minimum atomic E-state index is -4.16. The third kappa shape index (κ3) is 4.57. The standard InChI is InChI=1S/C18H16FN3O3S2/c1-12(22-27(24,25)16-5-3-2-4-15(16)19)17(23)21-14-8-6-13(7-9-14)18-20-10-11-26-18/h2-12,22H,1H3,(H,21,23)/t12-/m0/s1. The highest BCUT2D eigenvalue weighted by molar-refractivity contribution is 7.89. The summed E-state index contributed by atoms with van der Waals surface area (Å²) in [5.41, 5.74) is 1.42. The van der Waals surface area contributed by atoms with Gasteiger partial charge in [0.25, 0.3) is 0 Å². The number of thiazole rings is 1. The maximum atomic E-state index is 13.7. The predicted molar refractivity (Wildman–Crippen MR) is 102 cm³/mol. The van der Waals surface area contributed by atoms with Crippen LogP contribution in [0.5, 0.6) is 0 Å². The van der Waals surface area contributed by atoms with E-state index in [-0.39, 0.29) is 0 Å². The van der Waals surface area contributed by atoms with Crippen LogP contribution in [0.3, 0.4) is 0 Å². The molecule has 3 rings (SSSR count). The van der Waals surface area contributed by atoms with Crippen molar-refractivity contribution in [1.82, 2.24) is 9.71 Å². The van der Waals surface area contributed by atoms with Crippen molar-refractivity contribution in [3.8, 4) is 10.6 Å². The molecule has 0 radical (unpaired) electrons. The lowest BCUT2D eigenvalue weighted by molar-refractivity contribution is -0.117. The molecule has 1 aromatic heterocycles. The quantitative estimate of drug-likeness (QED) is 0.659. The van der Waals surface area contributed by atoms with Crippen molar-refractivity contribution < 1.29 is 17.6 Å². The first-order valence-corrected chi connectivity index (χ1v) is 10.3. The lowest BCUT2D eigenvalue weighted by Gasteiger charge is -2.15. The topological polar surface area (TPSA) is 88.2 Å². The Labute approximate surface area is 160 Å². The lowest BCUT2D eigenvalue weighted by atomic mass is 10.2. The van der Waals surface area contributed by atoms with E-state index < -0.39 is 32.7 Å². The average molecular weight is 405 g/mol. The molecule has 9 heteroatoms. The fourth-order valence-electron chi connectivity index (χ4n) is 2.33. The predicted octanol–water partition coefficient (Wildman–Crippen LogP) is 3.25. The lowest BCUT2D eigenvalue weighted by Crippen LogP contribution is -2.41. The van der Waals surface area contributed by atoms with Crippen LogP contribution in [0.2, 0.25) is 0 Å². The fraction of sp³-hybridized carbons (Fsp3) is 0.111. The molecule has 0 saturated carbocycles. The number of aromatic nitrogens is 1. The van der Waals surface area contributed by atoms with Gasteiger partial charge in [0.2, 0.25) is 15.9 Å². The maximum Gasteiger partial charge on any atom is 0.244 e. The van der Waals surface area contributed by atoms with Crippen LogP contribution in [-0.2, 0) is 14.8 Å². The molecule has 27 heavy (non-hydrogen) atoms. The average Bonchev–Trinajstić information content (AvgIpc) is 3.17. The van der Waals surface area contributed by atoms with Crippen molar-refractivity contribution in [2.24, 2.45) is 0 Å². The molecule has 0 bridgehead atoms. The number of rotatable bonds is 6. The number of halogens is 1. The molecule has 2 N–H and O–H groups in total. The Bertz CT molecular complexity index is 1040. The van der Waals surface area contributed by atoms with Gasteiger partial charge in [-0.05, 0) is 43.3 Å². The number of sulfonamides is 1. The molecule has 1 atom stereocenters. The van der Waals surface area contributed by atoms with Crippen LogP contribution in [0.4, 0.5) is 10.1 Å². The van der Waals surface area contributed by atoms with Gasteiger partial charge in [0.15, 0.2) is 0 Å². The van der Waals surface area contributed by atoms with Crippen LogP contribution in [-0.4, -0.2) is 25.4 Å². The summed E-state index contributed by atoms with van der Waals surface area (Å²) in [4.78, 5) is 16.0. The number of hydrogen-bond acceptors (Lipinski definition) is 5. The Morgan fingerprint density at radius 2 is 1.85 bits per heavy atom. The highest BCUT2D eigenvalue weighted by Gasteiger charge is 2.24. The number of carbonyl (C=O) groups excluding carboxylic acids is 1. The fourth-order valence-corrected chi connectivity index (χ4v) is 4.25. The van der Waals surface area contributed by atoms with E-state index in [2.05, 4.69) is 15.0 Å². The molecule has 0 saturated heterocycles. The van der Waals surface area contributed by atoms with Gasteiger partial charge in [-0.15, -0.1) is 11.3 Å². The van der Waals surface area contributed by atoms with Crippen LogP contribution in [0.1, 0.15) is 6.92 Å². The molecule has 0 aliphatic rings. The van der Waals surface area contributed by atoms with Crippen molar-refractivity contribution in [2.45, 2.75) is 17.9 Å². The van der Waals surface area contributed by atoms with Crippen LogP contribution in [0, 0.1) is 5.82 Å². The van der Waals surface area contributed by atoms with E-state index in [9.17, 15) is 17.6 Å². The summed E-state index contributed by atoms with van der Waals surface area (Å²) in [5.74, 6) is -1.44. The van der Waals surface area contributed by atoms with Crippen LogP contribution >= 0.6 is 11.3 Å². The normalized spacial score (nSPS) is 12.5. The van der Waals surface area contributed by atoms with Gasteiger partial charge in [0.1, 0.15) is 15.7 Å². The Morgan fingerprint density at radius 3 is 2.48 bits per heavy atom. The summed E-state index contributed by atoms with van der Waals surface area (Å²) >= 11 is 1.50. The van der Waals surface area contributed by atoms with Gasteiger partial charge in [-0.2, -0.15) is 4.72 Å². The molecule has 0 fully saturated rings. The Morgan fingerprint density at radius 1 is 1.15 bits per heavy atom. The van der Waals surface area contributed by atoms with Gasteiger partial charge in [0, 0.05) is 22.8 Å². The minimum Gasteiger partial charge on any atom is -0.325 e. The zero-order valence-corrected chi connectivity index (χ0v) is 15.9. The molecule has 1 heterocycles. The first-order valence-electron chi connectivity index (χ1n) is 7.94. The van der Waals surface area contributed by atoms with E-state index in [4.69, 9.17) is 0 Å². The van der Waals surface area contributed by atoms with E-state index in [1.54, 1.807) is 18.3 Å². The smallest absolute Gasteiger partial charge is 0.244 e. The maximum absolute atomic E-state index is 13.7. The van der Waals surface area contributed by atoms with Gasteiger partial charge >= 0.3 is 0 Å². The number of hydrogen-bond donors (Lipinski definition) is 2. The summed E-state index contributed by atoms with van der Waals surface area (Å²) < 4.78 is 40.4. The third-order valence-electron chi connectivity index (χ3n) is 3.68. The molecular formula is C18H16FN3O3S2. The van der Waals surface area contributed by atoms with Crippen molar-refractivity contribution in [1.29, 1.82) is 0 Å². The summed E-state index contributed by atoms with van der Waals surface area (Å²) in [6.07, 6.45) is 1.71. The summed E-state index contributed by atoms with van der Waals surface area (Å²) in [7, 11) is -4.16. The van der Waals surface area contributed by atoms with Crippen molar-refractivity contribution in [2.75, 3.05) is 5.32 Å². The Hall–Kier alpha value is -2.62. The Balaban J connectivity index is 1.66. The summed E-state index contributed by atoms with van der Waals surface area (Å²) in [5, 5.41) is 5.36. The first-order chi connectivity index (χ1) is 12.9. The molecule has 6 nitrogen and oxygen atoms in total. The van der Waals surface area contributed by atoms with Gasteiger partial charge in [-0.3, -0.25) is 4.79 Å². The minimum absolute atomic E-state index is 0.502. The number of anilines is 1. The number of nitrogens with one attached hydrogen (secondary N) is 2. The highest BCUT2D eigenvalue weighted by Crippen LogP contribution is 2.23. The van der Waals surface area contributed by atoms with Gasteiger partial charge < -0.3 is 5.32 Å². The SMILES string of the molecule is C[C@H](NS(=O)(=O)c1ccccc1F)C(=O)Nc1ccc(-c2nccs2)cc1. The monoisotopic (exact) mass is 405 g/mol. The highest BCUT2D eigenvalue weighted by atomic mass is 32.2. The van der Waals surface area contributed by atoms with E-state index in [0.717, 1.165) is 22.7 Å². The van der Waals surface area contributed by atoms with Gasteiger partial charge in [-0.25, -0.2) is 17.8 Å². The van der Waals surface area contributed by atoms with Gasteiger partial charge in [-0.1, -0.05) is 12.1 Å². The number of carbonyl (C=O) groups is 1. The van der Waals surface area contributed by atoms with E-state index in [1.807, 2.05) is 17.5 Å². The van der Waals surface area contributed by atoms with Crippen LogP contribution in [0.15, 0.2) is 65.0 Å². The number of nitrogens with zero attached hydrogens (tertiary/aromatic N) is 1.